The van der Waals surface area contributed by atoms with Gasteiger partial charge in [-0.2, -0.15) is 0 Å². The van der Waals surface area contributed by atoms with Crippen molar-refractivity contribution in [3.63, 3.8) is 0 Å². The number of aromatic nitrogens is 1. The lowest BCUT2D eigenvalue weighted by Gasteiger charge is -2.48. The Hall–Kier alpha value is -4.60. The molecule has 0 saturated carbocycles. The van der Waals surface area contributed by atoms with Crippen molar-refractivity contribution in [1.82, 2.24) is 9.88 Å². The van der Waals surface area contributed by atoms with Crippen LogP contribution in [0.25, 0.3) is 0 Å². The number of fused-ring (bicyclic) bond motifs is 3. The number of carbonyl (C=O) groups excluding carboxylic acids is 4. The molecule has 0 bridgehead atoms. The van der Waals surface area contributed by atoms with E-state index >= 15 is 0 Å². The van der Waals surface area contributed by atoms with Crippen LogP contribution >= 0.6 is 0 Å². The predicted molar refractivity (Wildman–Crippen MR) is 130 cm³/mol. The Kier molecular flexibility index (Phi) is 5.71. The van der Waals surface area contributed by atoms with Crippen LogP contribution in [0, 0.1) is 5.82 Å². The Morgan fingerprint density at radius 3 is 2.58 bits per heavy atom. The normalized spacial score (nSPS) is 18.5. The zero-order valence-corrected chi connectivity index (χ0v) is 19.3. The fourth-order valence-corrected chi connectivity index (χ4v) is 4.69. The van der Waals surface area contributed by atoms with Crippen molar-refractivity contribution in [2.24, 2.45) is 0 Å². The first-order chi connectivity index (χ1) is 17.3. The van der Waals surface area contributed by atoms with Gasteiger partial charge >= 0.3 is 0 Å². The van der Waals surface area contributed by atoms with Gasteiger partial charge in [-0.1, -0.05) is 18.2 Å². The summed E-state index contributed by atoms with van der Waals surface area (Å²) in [6.45, 7) is 1.37. The average Bonchev–Trinajstić information content (AvgIpc) is 3.19. The number of hydrogen-bond donors (Lipinski definition) is 2. The minimum Gasteiger partial charge on any atom is -0.323 e. The first kappa shape index (κ1) is 23.2. The second kappa shape index (κ2) is 8.88. The molecule has 3 heterocycles. The molecule has 1 unspecified atom stereocenters. The zero-order valence-electron chi connectivity index (χ0n) is 19.3. The molecule has 182 valence electrons. The first-order valence-electron chi connectivity index (χ1n) is 11.3. The molecule has 1 aromatic heterocycles. The van der Waals surface area contributed by atoms with Crippen LogP contribution in [0.5, 0.6) is 0 Å². The van der Waals surface area contributed by atoms with Crippen molar-refractivity contribution in [1.29, 1.82) is 0 Å². The number of amides is 4. The number of rotatable bonds is 5. The molecule has 0 radical (unpaired) electrons. The van der Waals surface area contributed by atoms with E-state index in [0.717, 1.165) is 12.1 Å². The second-order valence-electron chi connectivity index (χ2n) is 8.76. The topological polar surface area (TPSA) is 112 Å². The third-order valence-electron chi connectivity index (χ3n) is 6.45. The van der Waals surface area contributed by atoms with E-state index in [-0.39, 0.29) is 41.8 Å². The number of carbonyl (C=O) groups is 4. The molecule has 0 spiro atoms. The molecule has 1 atom stereocenters. The predicted octanol–water partition coefficient (Wildman–Crippen LogP) is 3.41. The van der Waals surface area contributed by atoms with Gasteiger partial charge < -0.3 is 15.5 Å². The summed E-state index contributed by atoms with van der Waals surface area (Å²) >= 11 is 0. The summed E-state index contributed by atoms with van der Waals surface area (Å²) < 4.78 is 14.0. The van der Waals surface area contributed by atoms with E-state index in [1.165, 1.54) is 23.2 Å². The maximum absolute atomic E-state index is 14.0. The van der Waals surface area contributed by atoms with E-state index in [0.29, 0.717) is 17.7 Å². The minimum atomic E-state index is -1.02. The molecule has 2 aliphatic rings. The van der Waals surface area contributed by atoms with Crippen molar-refractivity contribution >= 4 is 40.7 Å². The van der Waals surface area contributed by atoms with Gasteiger partial charge in [-0.05, 0) is 55.8 Å². The Morgan fingerprint density at radius 2 is 1.81 bits per heavy atom. The van der Waals surface area contributed by atoms with Crippen LogP contribution in [0.4, 0.5) is 21.5 Å². The monoisotopic (exact) mass is 487 g/mol. The van der Waals surface area contributed by atoms with Crippen molar-refractivity contribution in [2.45, 2.75) is 25.4 Å². The standard InChI is InChI=1S/C26H22FN5O4/c1-26-12-11-23(34)32(26)21-8-3-2-6-17(21)25(36)31(26)15-22(33)29-20-14-16(27)9-10-18(20)30-24(35)19-7-4-5-13-28-19/h2-10,13-14H,11-12,15H2,1H3,(H,29,33)(H,30,35). The second-order valence-corrected chi connectivity index (χ2v) is 8.76. The Balaban J connectivity index is 1.39. The number of halogens is 1. The fraction of sp³-hybridized carbons (Fsp3) is 0.192. The largest absolute Gasteiger partial charge is 0.323 e. The quantitative estimate of drug-likeness (QED) is 0.573. The lowest BCUT2D eigenvalue weighted by Crippen LogP contribution is -2.63. The summed E-state index contributed by atoms with van der Waals surface area (Å²) in [5.41, 5.74) is 0.174. The highest BCUT2D eigenvalue weighted by Gasteiger charge is 2.53. The Morgan fingerprint density at radius 1 is 1.03 bits per heavy atom. The van der Waals surface area contributed by atoms with Gasteiger partial charge in [-0.15, -0.1) is 0 Å². The molecular formula is C26H22FN5O4. The SMILES string of the molecule is CC12CCC(=O)N1c1ccccc1C(=O)N2CC(=O)Nc1cc(F)ccc1NC(=O)c1ccccn1. The van der Waals surface area contributed by atoms with Crippen LogP contribution in [0.3, 0.4) is 0 Å². The van der Waals surface area contributed by atoms with Crippen LogP contribution in [0.15, 0.2) is 66.9 Å². The molecule has 10 heteroatoms. The molecular weight excluding hydrogens is 465 g/mol. The molecule has 9 nitrogen and oxygen atoms in total. The van der Waals surface area contributed by atoms with Crippen LogP contribution in [0.2, 0.25) is 0 Å². The summed E-state index contributed by atoms with van der Waals surface area (Å²) in [7, 11) is 0. The van der Waals surface area contributed by atoms with E-state index in [1.807, 2.05) is 0 Å². The molecule has 0 aliphatic carbocycles. The van der Waals surface area contributed by atoms with Crippen molar-refractivity contribution in [2.75, 3.05) is 22.1 Å². The molecule has 5 rings (SSSR count). The molecule has 2 aliphatic heterocycles. The van der Waals surface area contributed by atoms with E-state index < -0.39 is 23.3 Å². The van der Waals surface area contributed by atoms with Crippen LogP contribution in [0.1, 0.15) is 40.6 Å². The van der Waals surface area contributed by atoms with E-state index in [4.69, 9.17) is 0 Å². The van der Waals surface area contributed by atoms with Gasteiger partial charge in [0.25, 0.3) is 11.8 Å². The number of pyridine rings is 1. The third kappa shape index (κ3) is 3.96. The number of para-hydroxylation sites is 1. The van der Waals surface area contributed by atoms with Crippen LogP contribution in [-0.4, -0.2) is 45.7 Å². The number of anilines is 3. The highest BCUT2D eigenvalue weighted by molar-refractivity contribution is 6.12. The van der Waals surface area contributed by atoms with Crippen molar-refractivity contribution < 1.29 is 23.6 Å². The van der Waals surface area contributed by atoms with Gasteiger partial charge in [0.15, 0.2) is 0 Å². The summed E-state index contributed by atoms with van der Waals surface area (Å²) in [4.78, 5) is 58.6. The highest BCUT2D eigenvalue weighted by atomic mass is 19.1. The lowest BCUT2D eigenvalue weighted by atomic mass is 9.98. The smallest absolute Gasteiger partial charge is 0.274 e. The van der Waals surface area contributed by atoms with Crippen LogP contribution in [-0.2, 0) is 9.59 Å². The van der Waals surface area contributed by atoms with Gasteiger partial charge in [-0.25, -0.2) is 4.39 Å². The Labute approximate surface area is 205 Å². The van der Waals surface area contributed by atoms with Crippen molar-refractivity contribution in [3.8, 4) is 0 Å². The Bertz CT molecular complexity index is 1400. The van der Waals surface area contributed by atoms with Crippen molar-refractivity contribution in [3.05, 3.63) is 83.9 Å². The van der Waals surface area contributed by atoms with Crippen LogP contribution < -0.4 is 15.5 Å². The summed E-state index contributed by atoms with van der Waals surface area (Å²) in [6, 6.07) is 15.2. The summed E-state index contributed by atoms with van der Waals surface area (Å²) in [5, 5.41) is 5.22. The van der Waals surface area contributed by atoms with Gasteiger partial charge in [0.2, 0.25) is 11.8 Å². The number of hydrogen-bond acceptors (Lipinski definition) is 5. The highest BCUT2D eigenvalue weighted by Crippen LogP contribution is 2.43. The van der Waals surface area contributed by atoms with Gasteiger partial charge in [0, 0.05) is 12.6 Å². The zero-order chi connectivity index (χ0) is 25.4. The third-order valence-corrected chi connectivity index (χ3v) is 6.45. The number of nitrogens with one attached hydrogen (secondary N) is 2. The summed E-state index contributed by atoms with van der Waals surface area (Å²) in [6.07, 6.45) is 2.07. The molecule has 1 saturated heterocycles. The van der Waals surface area contributed by atoms with Gasteiger partial charge in [0.1, 0.15) is 23.7 Å². The van der Waals surface area contributed by atoms with Gasteiger partial charge in [-0.3, -0.25) is 29.1 Å². The fourth-order valence-electron chi connectivity index (χ4n) is 4.69. The first-order valence-corrected chi connectivity index (χ1v) is 11.3. The molecule has 2 N–H and O–H groups in total. The lowest BCUT2D eigenvalue weighted by molar-refractivity contribution is -0.120. The molecule has 1 fully saturated rings. The van der Waals surface area contributed by atoms with Gasteiger partial charge in [0.05, 0.1) is 22.6 Å². The van der Waals surface area contributed by atoms with E-state index in [1.54, 1.807) is 48.2 Å². The van der Waals surface area contributed by atoms with E-state index in [9.17, 15) is 23.6 Å². The number of benzene rings is 2. The summed E-state index contributed by atoms with van der Waals surface area (Å²) in [5.74, 6) is -2.27. The van der Waals surface area contributed by atoms with E-state index in [2.05, 4.69) is 15.6 Å². The molecule has 2 aromatic carbocycles. The molecule has 3 aromatic rings. The molecule has 36 heavy (non-hydrogen) atoms. The minimum absolute atomic E-state index is 0.0265. The number of nitrogens with zero attached hydrogens (tertiary/aromatic N) is 3. The average molecular weight is 487 g/mol. The maximum Gasteiger partial charge on any atom is 0.274 e. The molecule has 4 amide bonds. The maximum atomic E-state index is 14.0.